The molecule has 1 atom stereocenters. The number of aliphatic hydroxyl groups is 2. The average Bonchev–Trinajstić information content (AvgIpc) is 3.35. The Kier molecular flexibility index (Phi) is 7.85. The van der Waals surface area contributed by atoms with Crippen LogP contribution in [-0.4, -0.2) is 66.1 Å². The van der Waals surface area contributed by atoms with Gasteiger partial charge in [0.05, 0.1) is 37.3 Å². The van der Waals surface area contributed by atoms with E-state index in [4.69, 9.17) is 9.84 Å². The Labute approximate surface area is 218 Å². The molecule has 0 saturated carbocycles. The van der Waals surface area contributed by atoms with E-state index < -0.39 is 90.5 Å². The molecule has 2 aromatic heterocycles. The van der Waals surface area contributed by atoms with Crippen molar-refractivity contribution >= 4 is 26.6 Å². The maximum absolute atomic E-state index is 15.5. The Hall–Kier alpha value is -4.08. The lowest BCUT2D eigenvalue weighted by molar-refractivity contribution is 0.0800. The van der Waals surface area contributed by atoms with E-state index >= 15 is 8.78 Å². The minimum absolute atomic E-state index is 0.0440. The lowest BCUT2D eigenvalue weighted by Gasteiger charge is -2.13. The number of methoxy groups -OCH3 is 1. The van der Waals surface area contributed by atoms with Gasteiger partial charge in [-0.2, -0.15) is 5.10 Å². The van der Waals surface area contributed by atoms with Crippen molar-refractivity contribution in [1.29, 1.82) is 0 Å². The summed E-state index contributed by atoms with van der Waals surface area (Å²) >= 11 is 0. The number of sulfone groups is 1. The predicted octanol–water partition coefficient (Wildman–Crippen LogP) is 2.25. The maximum atomic E-state index is 15.5. The van der Waals surface area contributed by atoms with Crippen LogP contribution in [0, 0.1) is 23.3 Å². The smallest absolute Gasteiger partial charge is 0.270 e. The molecule has 39 heavy (non-hydrogen) atoms. The fourth-order valence-corrected chi connectivity index (χ4v) is 5.28. The number of aromatic amines is 1. The molecule has 0 radical (unpaired) electrons. The molecule has 4 N–H and O–H groups in total. The molecule has 1 amide bonds. The number of amides is 1. The highest BCUT2D eigenvalue weighted by Crippen LogP contribution is 2.35. The van der Waals surface area contributed by atoms with Gasteiger partial charge >= 0.3 is 0 Å². The van der Waals surface area contributed by atoms with Crippen molar-refractivity contribution in [2.75, 3.05) is 20.3 Å². The number of fused-ring (bicyclic) bond motifs is 1. The Morgan fingerprint density at radius 2 is 1.90 bits per heavy atom. The number of pyridine rings is 1. The van der Waals surface area contributed by atoms with Crippen molar-refractivity contribution in [3.8, 4) is 17.0 Å². The van der Waals surface area contributed by atoms with E-state index in [1.807, 2.05) is 0 Å². The number of hydrogen-bond donors (Lipinski definition) is 4. The zero-order valence-corrected chi connectivity index (χ0v) is 20.8. The van der Waals surface area contributed by atoms with Gasteiger partial charge in [0.2, 0.25) is 5.88 Å². The third kappa shape index (κ3) is 5.41. The van der Waals surface area contributed by atoms with Crippen molar-refractivity contribution in [1.82, 2.24) is 20.5 Å². The van der Waals surface area contributed by atoms with Crippen molar-refractivity contribution in [3.05, 3.63) is 71.1 Å². The molecule has 0 bridgehead atoms. The van der Waals surface area contributed by atoms with Gasteiger partial charge in [-0.05, 0) is 18.2 Å². The summed E-state index contributed by atoms with van der Waals surface area (Å²) in [4.78, 5) is 15.3. The molecule has 206 valence electrons. The number of nitrogens with one attached hydrogen (secondary N) is 2. The van der Waals surface area contributed by atoms with Gasteiger partial charge < -0.3 is 20.3 Å². The first-order valence-corrected chi connectivity index (χ1v) is 12.8. The van der Waals surface area contributed by atoms with Crippen molar-refractivity contribution < 1.29 is 45.7 Å². The summed E-state index contributed by atoms with van der Waals surface area (Å²) in [6.07, 6.45) is -0.498. The minimum atomic E-state index is -4.46. The van der Waals surface area contributed by atoms with Crippen LogP contribution in [0.15, 0.2) is 41.4 Å². The van der Waals surface area contributed by atoms with E-state index in [9.17, 15) is 27.1 Å². The third-order valence-electron chi connectivity index (χ3n) is 5.70. The van der Waals surface area contributed by atoms with E-state index in [1.54, 1.807) is 0 Å². The largest absolute Gasteiger partial charge is 0.480 e. The number of nitrogens with zero attached hydrogens (tertiary/aromatic N) is 2. The molecule has 0 aliphatic carbocycles. The molecule has 0 fully saturated rings. The van der Waals surface area contributed by atoms with Crippen molar-refractivity contribution in [2.24, 2.45) is 0 Å². The van der Waals surface area contributed by atoms with Gasteiger partial charge in [-0.3, -0.25) is 9.89 Å². The van der Waals surface area contributed by atoms with Crippen molar-refractivity contribution in [3.63, 3.8) is 0 Å². The highest BCUT2D eigenvalue weighted by Gasteiger charge is 2.28. The molecule has 2 aromatic carbocycles. The number of H-pyrrole nitrogens is 1. The fraction of sp³-hybridized carbons (Fsp3) is 0.208. The van der Waals surface area contributed by atoms with Gasteiger partial charge in [-0.1, -0.05) is 12.1 Å². The summed E-state index contributed by atoms with van der Waals surface area (Å²) in [5.74, 6) is -7.04. The molecule has 10 nitrogen and oxygen atoms in total. The van der Waals surface area contributed by atoms with Crippen LogP contribution in [0.1, 0.15) is 16.1 Å². The van der Waals surface area contributed by atoms with Crippen LogP contribution in [-0.2, 0) is 15.6 Å². The van der Waals surface area contributed by atoms with E-state index in [-0.39, 0.29) is 17.6 Å². The van der Waals surface area contributed by atoms with Gasteiger partial charge in [0.25, 0.3) is 5.91 Å². The molecular formula is C24H20F4N4O6S. The van der Waals surface area contributed by atoms with E-state index in [0.29, 0.717) is 6.07 Å². The number of carbonyl (C=O) groups is 1. The van der Waals surface area contributed by atoms with Gasteiger partial charge in [-0.15, -0.1) is 0 Å². The monoisotopic (exact) mass is 568 g/mol. The van der Waals surface area contributed by atoms with Crippen molar-refractivity contribution in [2.45, 2.75) is 16.8 Å². The molecule has 4 rings (SSSR count). The first kappa shape index (κ1) is 27.9. The molecule has 0 aliphatic rings. The Morgan fingerprint density at radius 3 is 2.59 bits per heavy atom. The quantitative estimate of drug-likeness (QED) is 0.224. The minimum Gasteiger partial charge on any atom is -0.480 e. The molecular weight excluding hydrogens is 548 g/mol. The van der Waals surface area contributed by atoms with E-state index in [1.165, 1.54) is 6.07 Å². The zero-order chi connectivity index (χ0) is 28.5. The van der Waals surface area contributed by atoms with Crippen LogP contribution in [0.5, 0.6) is 5.88 Å². The summed E-state index contributed by atoms with van der Waals surface area (Å²) in [5.41, 5.74) is -2.67. The number of carbonyl (C=O) groups excluding carboxylic acids is 1. The van der Waals surface area contributed by atoms with E-state index in [2.05, 4.69) is 20.5 Å². The third-order valence-corrected chi connectivity index (χ3v) is 7.35. The van der Waals surface area contributed by atoms with Gasteiger partial charge in [0, 0.05) is 23.1 Å². The Morgan fingerprint density at radius 1 is 1.15 bits per heavy atom. The number of halogens is 4. The van der Waals surface area contributed by atoms with Gasteiger partial charge in [-0.25, -0.2) is 31.0 Å². The Bertz CT molecular complexity index is 1680. The fourth-order valence-electron chi connectivity index (χ4n) is 3.80. The second-order valence-corrected chi connectivity index (χ2v) is 10.2. The van der Waals surface area contributed by atoms with Crippen LogP contribution in [0.3, 0.4) is 0 Å². The summed E-state index contributed by atoms with van der Waals surface area (Å²) in [6, 6.07) is 4.43. The molecule has 4 aromatic rings. The number of hydrogen-bond acceptors (Lipinski definition) is 8. The number of benzene rings is 2. The van der Waals surface area contributed by atoms with E-state index in [0.717, 1.165) is 31.5 Å². The topological polar surface area (TPSA) is 154 Å². The maximum Gasteiger partial charge on any atom is 0.270 e. The molecule has 2 heterocycles. The van der Waals surface area contributed by atoms with Crippen LogP contribution in [0.2, 0.25) is 0 Å². The summed E-state index contributed by atoms with van der Waals surface area (Å²) in [6.45, 7) is -0.910. The number of rotatable bonds is 9. The summed E-state index contributed by atoms with van der Waals surface area (Å²) in [5, 5.41) is 26.5. The van der Waals surface area contributed by atoms with Crippen LogP contribution >= 0.6 is 0 Å². The molecule has 15 heteroatoms. The molecule has 0 aliphatic heterocycles. The highest BCUT2D eigenvalue weighted by molar-refractivity contribution is 7.90. The predicted molar refractivity (Wildman–Crippen MR) is 128 cm³/mol. The first-order chi connectivity index (χ1) is 18.5. The van der Waals surface area contributed by atoms with Crippen LogP contribution in [0.25, 0.3) is 22.0 Å². The summed E-state index contributed by atoms with van der Waals surface area (Å²) in [7, 11) is -3.35. The summed E-state index contributed by atoms with van der Waals surface area (Å²) < 4.78 is 90.2. The average molecular weight is 569 g/mol. The second kappa shape index (κ2) is 11.0. The lowest BCUT2D eigenvalue weighted by atomic mass is 9.99. The first-order valence-electron chi connectivity index (χ1n) is 11.1. The normalized spacial score (nSPS) is 12.5. The molecule has 0 spiro atoms. The van der Waals surface area contributed by atoms with Crippen LogP contribution < -0.4 is 10.1 Å². The van der Waals surface area contributed by atoms with Crippen LogP contribution in [0.4, 0.5) is 17.6 Å². The Balaban J connectivity index is 1.73. The highest BCUT2D eigenvalue weighted by atomic mass is 32.2. The second-order valence-electron chi connectivity index (χ2n) is 8.28. The number of aliphatic hydroxyl groups excluding tert-OH is 2. The zero-order valence-electron chi connectivity index (χ0n) is 20.0. The lowest BCUT2D eigenvalue weighted by Crippen LogP contribution is -2.34. The molecule has 0 saturated heterocycles. The van der Waals surface area contributed by atoms with Gasteiger partial charge in [0.1, 0.15) is 33.6 Å². The number of ether oxygens (including phenoxy) is 1. The standard InChI is InChI=1S/C24H20F4N4O6S/c1-38-24-17(6-12(25)7-30-24)39(36,37)10-11-2-5-16(26)18(19(11)27)14-3-4-15-21(20(14)28)31-32-22(15)23(35)29-8-13(34)9-33/h2-7,13,33-34H,8-10H2,1H3,(H,29,35)(H,31,32)/t13-/m0/s1. The van der Waals surface area contributed by atoms with Gasteiger partial charge in [0.15, 0.2) is 15.7 Å². The SMILES string of the molecule is COc1ncc(F)cc1S(=O)(=O)Cc1ccc(F)c(-c2ccc3c(C(=O)NC[C@H](O)CO)[nH]nc3c2F)c1F. The molecule has 0 unspecified atom stereocenters. The number of aromatic nitrogens is 3.